The normalized spacial score (nSPS) is 20.4. The Hall–Kier alpha value is -2.81. The minimum absolute atomic E-state index is 0.0311. The lowest BCUT2D eigenvalue weighted by atomic mass is 9.96. The van der Waals surface area contributed by atoms with Crippen molar-refractivity contribution in [1.29, 1.82) is 0 Å². The molecule has 0 saturated carbocycles. The van der Waals surface area contributed by atoms with Gasteiger partial charge in [0.1, 0.15) is 11.6 Å². The number of imidazole rings is 1. The number of hydrogen-bond donors (Lipinski definition) is 1. The summed E-state index contributed by atoms with van der Waals surface area (Å²) < 4.78 is 15.7. The van der Waals surface area contributed by atoms with Crippen molar-refractivity contribution >= 4 is 16.9 Å². The van der Waals surface area contributed by atoms with Gasteiger partial charge in [0, 0.05) is 38.4 Å². The fourth-order valence-electron chi connectivity index (χ4n) is 5.07. The van der Waals surface area contributed by atoms with Crippen LogP contribution in [0.5, 0.6) is 0 Å². The van der Waals surface area contributed by atoms with Crippen molar-refractivity contribution in [2.45, 2.75) is 19.4 Å². The summed E-state index contributed by atoms with van der Waals surface area (Å²) in [5, 5.41) is 2.15. The molecule has 2 aliphatic rings. The lowest BCUT2D eigenvalue weighted by Gasteiger charge is -2.38. The average molecular weight is 451 g/mol. The van der Waals surface area contributed by atoms with E-state index in [0.717, 1.165) is 74.7 Å². The summed E-state index contributed by atoms with van der Waals surface area (Å²) in [5.41, 5.74) is 5.99. The maximum Gasteiger partial charge on any atom is 0.227 e. The molecular formula is C25H31FN6O. The molecule has 3 heterocycles. The topological polar surface area (TPSA) is 56.6 Å². The number of aromatic nitrogens is 2. The van der Waals surface area contributed by atoms with Crippen LogP contribution in [0.4, 0.5) is 4.39 Å². The third-order valence-electron chi connectivity index (χ3n) is 6.84. The number of para-hydroxylation sites is 2. The largest absolute Gasteiger partial charge is 0.340 e. The summed E-state index contributed by atoms with van der Waals surface area (Å²) in [7, 11) is 1.93. The second kappa shape index (κ2) is 9.59. The van der Waals surface area contributed by atoms with Gasteiger partial charge in [-0.2, -0.15) is 0 Å². The van der Waals surface area contributed by atoms with Gasteiger partial charge in [0.2, 0.25) is 5.91 Å². The number of piperazine rings is 1. The van der Waals surface area contributed by atoms with Crippen molar-refractivity contribution in [2.75, 3.05) is 46.3 Å². The molecule has 1 amide bonds. The Labute approximate surface area is 193 Å². The first kappa shape index (κ1) is 22.0. The number of piperidine rings is 1. The molecule has 0 unspecified atom stereocenters. The number of carbonyl (C=O) groups excluding carboxylic acids is 1. The van der Waals surface area contributed by atoms with E-state index in [-0.39, 0.29) is 17.6 Å². The first-order chi connectivity index (χ1) is 16.1. The van der Waals surface area contributed by atoms with Crippen LogP contribution in [0.2, 0.25) is 0 Å². The quantitative estimate of drug-likeness (QED) is 0.648. The lowest BCUT2D eigenvalue weighted by Crippen LogP contribution is -2.54. The highest BCUT2D eigenvalue weighted by Gasteiger charge is 2.31. The molecule has 1 aromatic heterocycles. The van der Waals surface area contributed by atoms with Gasteiger partial charge in [-0.25, -0.2) is 14.4 Å². The zero-order valence-corrected chi connectivity index (χ0v) is 19.1. The van der Waals surface area contributed by atoms with Crippen molar-refractivity contribution < 1.29 is 9.18 Å². The second-order valence-corrected chi connectivity index (χ2v) is 8.94. The van der Waals surface area contributed by atoms with E-state index in [1.807, 2.05) is 36.2 Å². The zero-order valence-electron chi connectivity index (χ0n) is 19.1. The molecule has 8 heteroatoms. The molecule has 0 aliphatic carbocycles. The number of likely N-dealkylation sites (tertiary alicyclic amines) is 1. The maximum absolute atomic E-state index is 13.6. The highest BCUT2D eigenvalue weighted by molar-refractivity contribution is 5.79. The predicted octanol–water partition coefficient (Wildman–Crippen LogP) is 2.66. The van der Waals surface area contributed by atoms with Crippen LogP contribution in [-0.2, 0) is 11.3 Å². The van der Waals surface area contributed by atoms with Gasteiger partial charge < -0.3 is 4.90 Å². The maximum atomic E-state index is 13.6. The Morgan fingerprint density at radius 1 is 1.06 bits per heavy atom. The Morgan fingerprint density at radius 3 is 2.58 bits per heavy atom. The standard InChI is InChI=1S/C25H31FN6O/c1-27-31-15-13-30(14-16-31)25(33)19-5-4-12-29(17-19)18-24-28-22-6-2-3-7-23(22)32(24)21-10-8-20(26)9-11-21/h2-3,6-11,19,27H,4-5,12-18H2,1H3/t19-/m0/s1. The summed E-state index contributed by atoms with van der Waals surface area (Å²) in [6.07, 6.45) is 1.94. The SMILES string of the molecule is CNN1CCN(C(=O)[C@H]2CCCN(Cc3nc4ccccc4n3-c3ccc(F)cc3)C2)CC1. The van der Waals surface area contributed by atoms with Crippen LogP contribution in [0, 0.1) is 11.7 Å². The van der Waals surface area contributed by atoms with Crippen molar-refractivity contribution in [3.05, 3.63) is 60.2 Å². The number of fused-ring (bicyclic) bond motifs is 1. The van der Waals surface area contributed by atoms with Crippen molar-refractivity contribution in [1.82, 2.24) is 29.8 Å². The molecule has 1 N–H and O–H groups in total. The first-order valence-corrected chi connectivity index (χ1v) is 11.8. The molecule has 0 spiro atoms. The van der Waals surface area contributed by atoms with Crippen LogP contribution in [0.25, 0.3) is 16.7 Å². The number of hydrazine groups is 1. The minimum Gasteiger partial charge on any atom is -0.340 e. The molecule has 5 rings (SSSR count). The Kier molecular flexibility index (Phi) is 6.39. The number of hydrogen-bond acceptors (Lipinski definition) is 5. The molecule has 174 valence electrons. The third-order valence-corrected chi connectivity index (χ3v) is 6.84. The number of benzene rings is 2. The van der Waals surface area contributed by atoms with Crippen LogP contribution >= 0.6 is 0 Å². The van der Waals surface area contributed by atoms with E-state index in [1.54, 1.807) is 12.1 Å². The highest BCUT2D eigenvalue weighted by atomic mass is 19.1. The van der Waals surface area contributed by atoms with E-state index in [2.05, 4.69) is 19.9 Å². The monoisotopic (exact) mass is 450 g/mol. The van der Waals surface area contributed by atoms with E-state index in [1.165, 1.54) is 12.1 Å². The van der Waals surface area contributed by atoms with E-state index in [4.69, 9.17) is 4.98 Å². The molecule has 1 atom stereocenters. The number of carbonyl (C=O) groups is 1. The van der Waals surface area contributed by atoms with E-state index in [0.29, 0.717) is 6.54 Å². The highest BCUT2D eigenvalue weighted by Crippen LogP contribution is 2.25. The number of nitrogens with zero attached hydrogens (tertiary/aromatic N) is 5. The van der Waals surface area contributed by atoms with Gasteiger partial charge in [0.15, 0.2) is 0 Å². The van der Waals surface area contributed by atoms with Gasteiger partial charge in [0.25, 0.3) is 0 Å². The smallest absolute Gasteiger partial charge is 0.227 e. The number of amides is 1. The third kappa shape index (κ3) is 4.64. The van der Waals surface area contributed by atoms with E-state index >= 15 is 0 Å². The molecule has 0 bridgehead atoms. The summed E-state index contributed by atoms with van der Waals surface area (Å²) in [5.74, 6) is 0.974. The summed E-state index contributed by atoms with van der Waals surface area (Å²) in [4.78, 5) is 22.5. The van der Waals surface area contributed by atoms with Crippen LogP contribution < -0.4 is 5.43 Å². The fourth-order valence-corrected chi connectivity index (χ4v) is 5.07. The van der Waals surface area contributed by atoms with Crippen LogP contribution in [-0.4, -0.2) is 76.6 Å². The predicted molar refractivity (Wildman–Crippen MR) is 126 cm³/mol. The fraction of sp³-hybridized carbons (Fsp3) is 0.440. The first-order valence-electron chi connectivity index (χ1n) is 11.8. The molecule has 2 aliphatic heterocycles. The summed E-state index contributed by atoms with van der Waals surface area (Å²) >= 11 is 0. The van der Waals surface area contributed by atoms with Crippen LogP contribution in [0.15, 0.2) is 48.5 Å². The van der Waals surface area contributed by atoms with Gasteiger partial charge in [-0.05, 0) is 62.8 Å². The van der Waals surface area contributed by atoms with Crippen molar-refractivity contribution in [2.24, 2.45) is 5.92 Å². The number of rotatable bonds is 5. The number of halogens is 1. The summed E-state index contributed by atoms with van der Waals surface area (Å²) in [6.45, 7) is 5.62. The van der Waals surface area contributed by atoms with E-state index < -0.39 is 0 Å². The average Bonchev–Trinajstić information content (AvgIpc) is 3.22. The lowest BCUT2D eigenvalue weighted by molar-refractivity contribution is -0.139. The minimum atomic E-state index is -0.252. The molecule has 3 aromatic rings. The van der Waals surface area contributed by atoms with Gasteiger partial charge in [0.05, 0.1) is 23.5 Å². The Bertz CT molecular complexity index is 1110. The Balaban J connectivity index is 1.34. The molecule has 2 saturated heterocycles. The molecule has 2 fully saturated rings. The van der Waals surface area contributed by atoms with Crippen molar-refractivity contribution in [3.8, 4) is 5.69 Å². The Morgan fingerprint density at radius 2 is 1.82 bits per heavy atom. The summed E-state index contributed by atoms with van der Waals surface area (Å²) in [6, 6.07) is 14.6. The second-order valence-electron chi connectivity index (χ2n) is 8.94. The van der Waals surface area contributed by atoms with Gasteiger partial charge in [-0.1, -0.05) is 12.1 Å². The van der Waals surface area contributed by atoms with Crippen LogP contribution in [0.3, 0.4) is 0 Å². The zero-order chi connectivity index (χ0) is 22.8. The van der Waals surface area contributed by atoms with Crippen LogP contribution in [0.1, 0.15) is 18.7 Å². The van der Waals surface area contributed by atoms with Gasteiger partial charge >= 0.3 is 0 Å². The molecule has 0 radical (unpaired) electrons. The van der Waals surface area contributed by atoms with Gasteiger partial charge in [-0.15, -0.1) is 0 Å². The number of nitrogens with one attached hydrogen (secondary N) is 1. The van der Waals surface area contributed by atoms with Gasteiger partial charge in [-0.3, -0.25) is 19.7 Å². The molecule has 2 aromatic carbocycles. The molecular weight excluding hydrogens is 419 g/mol. The van der Waals surface area contributed by atoms with Crippen molar-refractivity contribution in [3.63, 3.8) is 0 Å². The molecule has 7 nitrogen and oxygen atoms in total. The molecule has 33 heavy (non-hydrogen) atoms. The van der Waals surface area contributed by atoms with E-state index in [9.17, 15) is 9.18 Å².